The van der Waals surface area contributed by atoms with Crippen molar-refractivity contribution in [1.82, 2.24) is 14.7 Å². The molecule has 0 bridgehead atoms. The fraction of sp³-hybridized carbons (Fsp3) is 0.421. The standard InChI is InChI=1S/C19H24FN3O3/c1-12(2)10-22(11-19(25)26)18(24)9-17-13(3)21-23(14(17)4)16-7-5-15(20)6-8-16/h5-8,12H,9-11H2,1-4H3,(H,25,26). The van der Waals surface area contributed by atoms with E-state index in [1.165, 1.54) is 17.0 Å². The van der Waals surface area contributed by atoms with E-state index in [0.717, 1.165) is 11.3 Å². The first-order valence-electron chi connectivity index (χ1n) is 8.49. The average Bonchev–Trinajstić information content (AvgIpc) is 2.82. The van der Waals surface area contributed by atoms with Crippen molar-refractivity contribution in [3.05, 3.63) is 47.0 Å². The SMILES string of the molecule is Cc1nn(-c2ccc(F)cc2)c(C)c1CC(=O)N(CC(=O)O)CC(C)C. The molecule has 0 aliphatic rings. The van der Waals surface area contributed by atoms with E-state index in [4.69, 9.17) is 5.11 Å². The summed E-state index contributed by atoms with van der Waals surface area (Å²) in [7, 11) is 0. The Morgan fingerprint density at radius 1 is 1.23 bits per heavy atom. The van der Waals surface area contributed by atoms with Crippen molar-refractivity contribution in [3.63, 3.8) is 0 Å². The van der Waals surface area contributed by atoms with Gasteiger partial charge in [-0.05, 0) is 44.0 Å². The molecule has 1 N–H and O–H groups in total. The van der Waals surface area contributed by atoms with Crippen LogP contribution in [0.3, 0.4) is 0 Å². The van der Waals surface area contributed by atoms with Crippen LogP contribution in [0.25, 0.3) is 5.69 Å². The van der Waals surface area contributed by atoms with Crippen LogP contribution in [0.1, 0.15) is 30.8 Å². The summed E-state index contributed by atoms with van der Waals surface area (Å²) in [6, 6.07) is 5.95. The maximum atomic E-state index is 13.1. The topological polar surface area (TPSA) is 75.4 Å². The minimum absolute atomic E-state index is 0.0822. The lowest BCUT2D eigenvalue weighted by Gasteiger charge is -2.22. The van der Waals surface area contributed by atoms with Crippen LogP contribution in [0.4, 0.5) is 4.39 Å². The van der Waals surface area contributed by atoms with E-state index < -0.39 is 5.97 Å². The van der Waals surface area contributed by atoms with Crippen LogP contribution in [0, 0.1) is 25.6 Å². The van der Waals surface area contributed by atoms with Crippen molar-refractivity contribution >= 4 is 11.9 Å². The van der Waals surface area contributed by atoms with Gasteiger partial charge in [-0.1, -0.05) is 13.8 Å². The number of rotatable bonds is 7. The van der Waals surface area contributed by atoms with Crippen LogP contribution >= 0.6 is 0 Å². The number of nitrogens with zero attached hydrogens (tertiary/aromatic N) is 3. The molecule has 0 saturated carbocycles. The number of carboxylic acid groups (broad SMARTS) is 1. The van der Waals surface area contributed by atoms with E-state index in [1.807, 2.05) is 20.8 Å². The van der Waals surface area contributed by atoms with Gasteiger partial charge in [0.1, 0.15) is 12.4 Å². The number of hydrogen-bond donors (Lipinski definition) is 1. The van der Waals surface area contributed by atoms with Gasteiger partial charge in [-0.15, -0.1) is 0 Å². The average molecular weight is 361 g/mol. The molecular weight excluding hydrogens is 337 g/mol. The van der Waals surface area contributed by atoms with Gasteiger partial charge in [-0.3, -0.25) is 9.59 Å². The summed E-state index contributed by atoms with van der Waals surface area (Å²) in [6.07, 6.45) is 0.0822. The van der Waals surface area contributed by atoms with Crippen LogP contribution in [0.5, 0.6) is 0 Å². The molecule has 2 rings (SSSR count). The number of aryl methyl sites for hydroxylation is 1. The predicted octanol–water partition coefficient (Wildman–Crippen LogP) is 2.74. The molecule has 1 aromatic heterocycles. The number of carbonyl (C=O) groups excluding carboxylic acids is 1. The molecule has 0 fully saturated rings. The van der Waals surface area contributed by atoms with Gasteiger partial charge in [0, 0.05) is 17.8 Å². The molecule has 2 aromatic rings. The first-order valence-corrected chi connectivity index (χ1v) is 8.49. The highest BCUT2D eigenvalue weighted by molar-refractivity contribution is 5.83. The third kappa shape index (κ3) is 4.68. The lowest BCUT2D eigenvalue weighted by molar-refractivity contribution is -0.144. The first kappa shape index (κ1) is 19.6. The molecule has 0 aliphatic heterocycles. The largest absolute Gasteiger partial charge is 0.480 e. The second kappa shape index (κ2) is 8.12. The van der Waals surface area contributed by atoms with Gasteiger partial charge in [0.2, 0.25) is 5.91 Å². The van der Waals surface area contributed by atoms with E-state index >= 15 is 0 Å². The molecule has 0 radical (unpaired) electrons. The number of amides is 1. The van der Waals surface area contributed by atoms with Crippen LogP contribution in [-0.4, -0.2) is 44.8 Å². The highest BCUT2D eigenvalue weighted by Crippen LogP contribution is 2.19. The second-order valence-electron chi connectivity index (χ2n) is 6.78. The molecule has 0 atom stereocenters. The summed E-state index contributed by atoms with van der Waals surface area (Å²) in [5, 5.41) is 13.5. The molecule has 0 spiro atoms. The smallest absolute Gasteiger partial charge is 0.323 e. The van der Waals surface area contributed by atoms with Crippen molar-refractivity contribution in [1.29, 1.82) is 0 Å². The zero-order valence-corrected chi connectivity index (χ0v) is 15.5. The molecule has 0 aliphatic carbocycles. The van der Waals surface area contributed by atoms with Crippen molar-refractivity contribution < 1.29 is 19.1 Å². The predicted molar refractivity (Wildman–Crippen MR) is 95.8 cm³/mol. The van der Waals surface area contributed by atoms with E-state index in [1.54, 1.807) is 23.7 Å². The van der Waals surface area contributed by atoms with Crippen molar-refractivity contribution in [2.45, 2.75) is 34.1 Å². The molecule has 1 amide bonds. The van der Waals surface area contributed by atoms with Crippen LogP contribution in [0.15, 0.2) is 24.3 Å². The minimum atomic E-state index is -1.03. The maximum absolute atomic E-state index is 13.1. The van der Waals surface area contributed by atoms with Crippen LogP contribution in [0.2, 0.25) is 0 Å². The normalized spacial score (nSPS) is 11.0. The monoisotopic (exact) mass is 361 g/mol. The van der Waals surface area contributed by atoms with Crippen molar-refractivity contribution in [3.8, 4) is 5.69 Å². The van der Waals surface area contributed by atoms with E-state index in [2.05, 4.69) is 5.10 Å². The van der Waals surface area contributed by atoms with Crippen molar-refractivity contribution in [2.24, 2.45) is 5.92 Å². The van der Waals surface area contributed by atoms with E-state index in [-0.39, 0.29) is 30.6 Å². The number of aliphatic carboxylic acids is 1. The van der Waals surface area contributed by atoms with Gasteiger partial charge in [0.15, 0.2) is 0 Å². The Hall–Kier alpha value is -2.70. The Morgan fingerprint density at radius 2 is 1.85 bits per heavy atom. The summed E-state index contributed by atoms with van der Waals surface area (Å²) in [4.78, 5) is 25.1. The van der Waals surface area contributed by atoms with Gasteiger partial charge < -0.3 is 10.0 Å². The Kier molecular flexibility index (Phi) is 6.13. The summed E-state index contributed by atoms with van der Waals surface area (Å²) in [5.41, 5.74) is 2.94. The number of benzene rings is 1. The highest BCUT2D eigenvalue weighted by atomic mass is 19.1. The number of hydrogen-bond acceptors (Lipinski definition) is 3. The molecule has 0 unspecified atom stereocenters. The van der Waals surface area contributed by atoms with Gasteiger partial charge in [0.05, 0.1) is 17.8 Å². The summed E-state index contributed by atoms with van der Waals surface area (Å²) in [6.45, 7) is 7.59. The molecule has 7 heteroatoms. The van der Waals surface area contributed by atoms with Crippen LogP contribution < -0.4 is 0 Å². The highest BCUT2D eigenvalue weighted by Gasteiger charge is 2.22. The lowest BCUT2D eigenvalue weighted by atomic mass is 10.1. The van der Waals surface area contributed by atoms with E-state index in [9.17, 15) is 14.0 Å². The second-order valence-corrected chi connectivity index (χ2v) is 6.78. The first-order chi connectivity index (χ1) is 12.2. The lowest BCUT2D eigenvalue weighted by Crippen LogP contribution is -2.39. The molecular formula is C19H24FN3O3. The zero-order valence-electron chi connectivity index (χ0n) is 15.5. The number of aromatic nitrogens is 2. The van der Waals surface area contributed by atoms with E-state index in [0.29, 0.717) is 17.9 Å². The summed E-state index contributed by atoms with van der Waals surface area (Å²) in [5.74, 6) is -1.44. The number of halogens is 1. The molecule has 140 valence electrons. The molecule has 0 saturated heterocycles. The Balaban J connectivity index is 2.26. The van der Waals surface area contributed by atoms with Crippen molar-refractivity contribution in [2.75, 3.05) is 13.1 Å². The quantitative estimate of drug-likeness (QED) is 0.823. The van der Waals surface area contributed by atoms with Gasteiger partial charge in [0.25, 0.3) is 0 Å². The fourth-order valence-electron chi connectivity index (χ4n) is 2.89. The third-order valence-corrected chi connectivity index (χ3v) is 4.10. The number of carbonyl (C=O) groups is 2. The Bertz CT molecular complexity index is 797. The summed E-state index contributed by atoms with van der Waals surface area (Å²) >= 11 is 0. The molecule has 26 heavy (non-hydrogen) atoms. The summed E-state index contributed by atoms with van der Waals surface area (Å²) < 4.78 is 14.8. The number of carboxylic acids is 1. The maximum Gasteiger partial charge on any atom is 0.323 e. The Morgan fingerprint density at radius 3 is 2.38 bits per heavy atom. The minimum Gasteiger partial charge on any atom is -0.480 e. The van der Waals surface area contributed by atoms with Gasteiger partial charge >= 0.3 is 5.97 Å². The third-order valence-electron chi connectivity index (χ3n) is 4.10. The molecule has 1 aromatic carbocycles. The van der Waals surface area contributed by atoms with Gasteiger partial charge in [-0.2, -0.15) is 5.10 Å². The fourth-order valence-corrected chi connectivity index (χ4v) is 2.89. The van der Waals surface area contributed by atoms with Crippen LogP contribution in [-0.2, 0) is 16.0 Å². The van der Waals surface area contributed by atoms with Gasteiger partial charge in [-0.25, -0.2) is 9.07 Å². The molecule has 6 nitrogen and oxygen atoms in total. The zero-order chi connectivity index (χ0) is 19.4. The molecule has 1 heterocycles. The Labute approximate surface area is 152 Å².